The van der Waals surface area contributed by atoms with Gasteiger partial charge >= 0.3 is 0 Å². The Morgan fingerprint density at radius 1 is 1.53 bits per heavy atom. The van der Waals surface area contributed by atoms with E-state index in [0.717, 1.165) is 0 Å². The highest BCUT2D eigenvalue weighted by Gasteiger charge is 2.12. The molecule has 0 atom stereocenters. The van der Waals surface area contributed by atoms with E-state index < -0.39 is 11.7 Å². The van der Waals surface area contributed by atoms with Crippen LogP contribution in [0.3, 0.4) is 0 Å². The maximum atomic E-state index is 13.1. The summed E-state index contributed by atoms with van der Waals surface area (Å²) in [5.74, 6) is -0.794. The number of amides is 1. The summed E-state index contributed by atoms with van der Waals surface area (Å²) in [6.07, 6.45) is 0. The van der Waals surface area contributed by atoms with Crippen LogP contribution < -0.4 is 11.1 Å². The number of nitrogens with zero attached hydrogens (tertiary/aromatic N) is 3. The first-order valence-corrected chi connectivity index (χ1v) is 4.73. The molecule has 0 saturated carbocycles. The van der Waals surface area contributed by atoms with Crippen LogP contribution in [0.25, 0.3) is 0 Å². The van der Waals surface area contributed by atoms with Gasteiger partial charge in [0, 0.05) is 0 Å². The van der Waals surface area contributed by atoms with Crippen molar-refractivity contribution in [3.8, 4) is 0 Å². The van der Waals surface area contributed by atoms with Crippen LogP contribution in [0.2, 0.25) is 0 Å². The Bertz CT molecular complexity index is 526. The van der Waals surface area contributed by atoms with Gasteiger partial charge in [0.15, 0.2) is 5.82 Å². The molecule has 1 heterocycles. The summed E-state index contributed by atoms with van der Waals surface area (Å²) in [5.41, 5.74) is 5.34. The van der Waals surface area contributed by atoms with Crippen LogP contribution in [0.4, 0.5) is 10.1 Å². The quantitative estimate of drug-likeness (QED) is 0.642. The van der Waals surface area contributed by atoms with Crippen molar-refractivity contribution in [2.45, 2.75) is 6.54 Å². The van der Waals surface area contributed by atoms with Gasteiger partial charge in [-0.3, -0.25) is 4.79 Å². The van der Waals surface area contributed by atoms with E-state index in [1.165, 1.54) is 18.2 Å². The maximum absolute atomic E-state index is 13.1. The molecular formula is C9H9FN6O. The number of H-pyrrole nitrogens is 1. The number of carbonyl (C=O) groups excluding carboxylic acids is 1. The van der Waals surface area contributed by atoms with Crippen LogP contribution in [0.5, 0.6) is 0 Å². The largest absolute Gasteiger partial charge is 0.396 e. The number of hydrogen-bond donors (Lipinski definition) is 3. The fourth-order valence-corrected chi connectivity index (χ4v) is 1.25. The lowest BCUT2D eigenvalue weighted by Gasteiger charge is -2.06. The number of aromatic amines is 1. The molecule has 1 aromatic heterocycles. The van der Waals surface area contributed by atoms with Crippen molar-refractivity contribution in [1.29, 1.82) is 0 Å². The van der Waals surface area contributed by atoms with Crippen LogP contribution in [0.1, 0.15) is 16.2 Å². The molecule has 0 spiro atoms. The van der Waals surface area contributed by atoms with Gasteiger partial charge in [0.2, 0.25) is 0 Å². The molecule has 0 aliphatic carbocycles. The van der Waals surface area contributed by atoms with Crippen molar-refractivity contribution in [1.82, 2.24) is 25.9 Å². The fourth-order valence-electron chi connectivity index (χ4n) is 1.25. The molecule has 1 aromatic carbocycles. The third-order valence-corrected chi connectivity index (χ3v) is 2.09. The minimum atomic E-state index is -0.628. The molecule has 0 aliphatic rings. The fraction of sp³-hybridized carbons (Fsp3) is 0.111. The van der Waals surface area contributed by atoms with Crippen molar-refractivity contribution in [2.24, 2.45) is 0 Å². The number of rotatable bonds is 3. The first-order valence-electron chi connectivity index (χ1n) is 4.73. The van der Waals surface area contributed by atoms with E-state index in [1.54, 1.807) is 0 Å². The number of nitrogens with one attached hydrogen (secondary N) is 2. The van der Waals surface area contributed by atoms with Crippen molar-refractivity contribution in [3.63, 3.8) is 0 Å². The van der Waals surface area contributed by atoms with Crippen LogP contribution in [0, 0.1) is 5.82 Å². The molecule has 0 aliphatic heterocycles. The SMILES string of the molecule is Nc1c(F)cccc1C(=O)NCc1nn[nH]n1. The summed E-state index contributed by atoms with van der Waals surface area (Å²) in [6, 6.07) is 4.03. The van der Waals surface area contributed by atoms with Crippen LogP contribution in [-0.2, 0) is 6.54 Å². The van der Waals surface area contributed by atoms with Crippen molar-refractivity contribution < 1.29 is 9.18 Å². The molecular weight excluding hydrogens is 227 g/mol. The molecule has 8 heteroatoms. The summed E-state index contributed by atoms with van der Waals surface area (Å²) < 4.78 is 13.1. The summed E-state index contributed by atoms with van der Waals surface area (Å²) in [5, 5.41) is 15.4. The highest BCUT2D eigenvalue weighted by molar-refractivity contribution is 5.99. The predicted molar refractivity (Wildman–Crippen MR) is 56.2 cm³/mol. The number of nitrogen functional groups attached to an aromatic ring is 1. The first kappa shape index (κ1) is 11.0. The van der Waals surface area contributed by atoms with Gasteiger partial charge in [0.1, 0.15) is 5.82 Å². The smallest absolute Gasteiger partial charge is 0.253 e. The minimum absolute atomic E-state index is 0.0773. The zero-order valence-electron chi connectivity index (χ0n) is 8.64. The average Bonchev–Trinajstić information content (AvgIpc) is 2.82. The molecule has 17 heavy (non-hydrogen) atoms. The Hall–Kier alpha value is -2.51. The number of anilines is 1. The van der Waals surface area contributed by atoms with E-state index in [2.05, 4.69) is 25.9 Å². The number of tetrazole rings is 1. The van der Waals surface area contributed by atoms with E-state index in [4.69, 9.17) is 5.73 Å². The third kappa shape index (κ3) is 2.36. The molecule has 0 saturated heterocycles. The maximum Gasteiger partial charge on any atom is 0.253 e. The predicted octanol–water partition coefficient (Wildman–Crippen LogP) is -0.149. The lowest BCUT2D eigenvalue weighted by molar-refractivity contribution is 0.0950. The molecule has 0 fully saturated rings. The second-order valence-electron chi connectivity index (χ2n) is 3.21. The summed E-state index contributed by atoms with van der Waals surface area (Å²) >= 11 is 0. The van der Waals surface area contributed by atoms with E-state index in [-0.39, 0.29) is 17.8 Å². The third-order valence-electron chi connectivity index (χ3n) is 2.09. The zero-order valence-corrected chi connectivity index (χ0v) is 8.64. The average molecular weight is 236 g/mol. The number of carbonyl (C=O) groups is 1. The van der Waals surface area contributed by atoms with Gasteiger partial charge in [-0.1, -0.05) is 11.3 Å². The van der Waals surface area contributed by atoms with Crippen molar-refractivity contribution >= 4 is 11.6 Å². The van der Waals surface area contributed by atoms with Crippen LogP contribution in [0.15, 0.2) is 18.2 Å². The standard InChI is InChI=1S/C9H9FN6O/c10-6-3-1-2-5(8(6)11)9(17)12-4-7-13-15-16-14-7/h1-3H,4,11H2,(H,12,17)(H,13,14,15,16). The number of para-hydroxylation sites is 1. The minimum Gasteiger partial charge on any atom is -0.396 e. The Labute approximate surface area is 95.2 Å². The highest BCUT2D eigenvalue weighted by Crippen LogP contribution is 2.15. The number of halogens is 1. The Balaban J connectivity index is 2.07. The van der Waals surface area contributed by atoms with Crippen LogP contribution in [-0.4, -0.2) is 26.5 Å². The molecule has 1 amide bonds. The molecule has 4 N–H and O–H groups in total. The van der Waals surface area contributed by atoms with E-state index in [9.17, 15) is 9.18 Å². The molecule has 2 rings (SSSR count). The van der Waals surface area contributed by atoms with E-state index in [0.29, 0.717) is 5.82 Å². The Kier molecular flexibility index (Phi) is 2.95. The second-order valence-corrected chi connectivity index (χ2v) is 3.21. The Morgan fingerprint density at radius 3 is 3.06 bits per heavy atom. The van der Waals surface area contributed by atoms with E-state index in [1.807, 2.05) is 0 Å². The van der Waals surface area contributed by atoms with Gasteiger partial charge in [-0.2, -0.15) is 5.21 Å². The lowest BCUT2D eigenvalue weighted by Crippen LogP contribution is -2.24. The molecule has 0 bridgehead atoms. The summed E-state index contributed by atoms with van der Waals surface area (Å²) in [4.78, 5) is 11.7. The van der Waals surface area contributed by atoms with Crippen LogP contribution >= 0.6 is 0 Å². The lowest BCUT2D eigenvalue weighted by atomic mass is 10.1. The summed E-state index contributed by atoms with van der Waals surface area (Å²) in [7, 11) is 0. The molecule has 0 radical (unpaired) electrons. The van der Waals surface area contributed by atoms with Crippen molar-refractivity contribution in [2.75, 3.05) is 5.73 Å². The molecule has 7 nitrogen and oxygen atoms in total. The number of hydrogen-bond acceptors (Lipinski definition) is 5. The zero-order chi connectivity index (χ0) is 12.3. The van der Waals surface area contributed by atoms with Gasteiger partial charge in [0.05, 0.1) is 17.8 Å². The van der Waals surface area contributed by atoms with Gasteiger partial charge in [-0.15, -0.1) is 10.2 Å². The highest BCUT2D eigenvalue weighted by atomic mass is 19.1. The van der Waals surface area contributed by atoms with Gasteiger partial charge in [-0.05, 0) is 12.1 Å². The number of aromatic nitrogens is 4. The molecule has 88 valence electrons. The molecule has 0 unspecified atom stereocenters. The number of benzene rings is 1. The Morgan fingerprint density at radius 2 is 2.35 bits per heavy atom. The second kappa shape index (κ2) is 4.56. The summed E-state index contributed by atoms with van der Waals surface area (Å²) in [6.45, 7) is 0.0886. The van der Waals surface area contributed by atoms with Crippen molar-refractivity contribution in [3.05, 3.63) is 35.4 Å². The normalized spacial score (nSPS) is 10.2. The number of nitrogens with two attached hydrogens (primary N) is 1. The van der Waals surface area contributed by atoms with E-state index >= 15 is 0 Å². The first-order chi connectivity index (χ1) is 8.18. The molecule has 2 aromatic rings. The van der Waals surface area contributed by atoms with Gasteiger partial charge in [0.25, 0.3) is 5.91 Å². The topological polar surface area (TPSA) is 110 Å². The monoisotopic (exact) mass is 236 g/mol. The van der Waals surface area contributed by atoms with Gasteiger partial charge in [-0.25, -0.2) is 4.39 Å². The van der Waals surface area contributed by atoms with Gasteiger partial charge < -0.3 is 11.1 Å².